The molecule has 0 amide bonds. The van der Waals surface area contributed by atoms with Crippen LogP contribution < -0.4 is 9.47 Å². The Bertz CT molecular complexity index is 1220. The van der Waals surface area contributed by atoms with Crippen LogP contribution in [0.3, 0.4) is 0 Å². The van der Waals surface area contributed by atoms with E-state index in [2.05, 4.69) is 9.97 Å². The standard InChI is InChI=1S/C25H24N2O4S/c1-3-30-22-12-9-18(14-23(22)29-2)25-27-20(16-32-25)15-31-24(28)13-11-19-10-8-17-6-4-5-7-21(17)26-19/h4-10,12,14,16H,3,11,13,15H2,1-2H3. The number of aromatic nitrogens is 2. The van der Waals surface area contributed by atoms with E-state index < -0.39 is 0 Å². The molecule has 7 heteroatoms. The average molecular weight is 449 g/mol. The van der Waals surface area contributed by atoms with Crippen molar-refractivity contribution in [2.45, 2.75) is 26.4 Å². The summed E-state index contributed by atoms with van der Waals surface area (Å²) >= 11 is 1.50. The number of hydrogen-bond acceptors (Lipinski definition) is 7. The highest BCUT2D eigenvalue weighted by Gasteiger charge is 2.12. The number of methoxy groups -OCH3 is 1. The van der Waals surface area contributed by atoms with Crippen molar-refractivity contribution in [3.05, 3.63) is 71.4 Å². The van der Waals surface area contributed by atoms with E-state index in [1.54, 1.807) is 7.11 Å². The lowest BCUT2D eigenvalue weighted by Crippen LogP contribution is -2.06. The van der Waals surface area contributed by atoms with E-state index >= 15 is 0 Å². The fraction of sp³-hybridized carbons (Fsp3) is 0.240. The fourth-order valence-corrected chi connectivity index (χ4v) is 4.09. The van der Waals surface area contributed by atoms with E-state index in [1.165, 1.54) is 11.3 Å². The first-order chi connectivity index (χ1) is 15.7. The number of rotatable bonds is 9. The van der Waals surface area contributed by atoms with Gasteiger partial charge < -0.3 is 14.2 Å². The van der Waals surface area contributed by atoms with Crippen molar-refractivity contribution in [3.8, 4) is 22.1 Å². The molecule has 0 atom stereocenters. The molecule has 0 N–H and O–H groups in total. The van der Waals surface area contributed by atoms with Crippen molar-refractivity contribution in [1.82, 2.24) is 9.97 Å². The van der Waals surface area contributed by atoms with Crippen molar-refractivity contribution in [2.75, 3.05) is 13.7 Å². The zero-order chi connectivity index (χ0) is 22.3. The molecule has 0 saturated heterocycles. The van der Waals surface area contributed by atoms with Crippen LogP contribution in [0.25, 0.3) is 21.5 Å². The summed E-state index contributed by atoms with van der Waals surface area (Å²) in [5.41, 5.74) is 3.45. The molecule has 2 heterocycles. The van der Waals surface area contributed by atoms with Gasteiger partial charge in [0.25, 0.3) is 0 Å². The lowest BCUT2D eigenvalue weighted by Gasteiger charge is -2.09. The van der Waals surface area contributed by atoms with Gasteiger partial charge in [-0.25, -0.2) is 4.98 Å². The van der Waals surface area contributed by atoms with E-state index in [4.69, 9.17) is 14.2 Å². The molecule has 6 nitrogen and oxygen atoms in total. The molecule has 164 valence electrons. The van der Waals surface area contributed by atoms with Crippen LogP contribution in [0.2, 0.25) is 0 Å². The number of benzene rings is 2. The second-order valence-corrected chi connectivity index (χ2v) is 7.96. The molecule has 0 spiro atoms. The number of thiazole rings is 1. The predicted molar refractivity (Wildman–Crippen MR) is 125 cm³/mol. The average Bonchev–Trinajstić information content (AvgIpc) is 3.31. The van der Waals surface area contributed by atoms with Crippen LogP contribution in [0, 0.1) is 0 Å². The summed E-state index contributed by atoms with van der Waals surface area (Å²) in [5, 5.41) is 3.82. The Labute approximate surface area is 190 Å². The molecule has 0 aliphatic rings. The number of esters is 1. The Balaban J connectivity index is 1.32. The number of carbonyl (C=O) groups excluding carboxylic acids is 1. The number of nitrogens with zero attached hydrogens (tertiary/aromatic N) is 2. The van der Waals surface area contributed by atoms with E-state index in [-0.39, 0.29) is 19.0 Å². The SMILES string of the molecule is CCOc1ccc(-c2nc(COC(=O)CCc3ccc4ccccc4n3)cs2)cc1OC. The summed E-state index contributed by atoms with van der Waals surface area (Å²) in [5.74, 6) is 1.09. The maximum atomic E-state index is 12.2. The van der Waals surface area contributed by atoms with Crippen molar-refractivity contribution in [2.24, 2.45) is 0 Å². The molecule has 4 aromatic rings. The molecular formula is C25H24N2O4S. The molecule has 0 bridgehead atoms. The third-order valence-electron chi connectivity index (χ3n) is 4.88. The number of aryl methyl sites for hydroxylation is 1. The maximum absolute atomic E-state index is 12.2. The summed E-state index contributed by atoms with van der Waals surface area (Å²) in [6.07, 6.45) is 0.816. The lowest BCUT2D eigenvalue weighted by atomic mass is 10.1. The van der Waals surface area contributed by atoms with Gasteiger partial charge >= 0.3 is 5.97 Å². The van der Waals surface area contributed by atoms with Gasteiger partial charge in [-0.1, -0.05) is 24.3 Å². The minimum absolute atomic E-state index is 0.147. The van der Waals surface area contributed by atoms with Gasteiger partial charge in [0.05, 0.1) is 31.3 Å². The van der Waals surface area contributed by atoms with Crippen LogP contribution in [0.5, 0.6) is 11.5 Å². The van der Waals surface area contributed by atoms with Crippen molar-refractivity contribution < 1.29 is 19.0 Å². The summed E-state index contributed by atoms with van der Waals surface area (Å²) in [7, 11) is 1.61. The Morgan fingerprint density at radius 2 is 1.88 bits per heavy atom. The number of ether oxygens (including phenoxy) is 3. The highest BCUT2D eigenvalue weighted by Crippen LogP contribution is 2.33. The first-order valence-corrected chi connectivity index (χ1v) is 11.3. The first kappa shape index (κ1) is 21.8. The van der Waals surface area contributed by atoms with Gasteiger partial charge in [-0.05, 0) is 37.3 Å². The first-order valence-electron chi connectivity index (χ1n) is 10.4. The third kappa shape index (κ3) is 5.23. The van der Waals surface area contributed by atoms with E-state index in [9.17, 15) is 4.79 Å². The largest absolute Gasteiger partial charge is 0.493 e. The number of hydrogen-bond donors (Lipinski definition) is 0. The number of para-hydroxylation sites is 1. The Morgan fingerprint density at radius 1 is 1.00 bits per heavy atom. The zero-order valence-corrected chi connectivity index (χ0v) is 18.9. The van der Waals surface area contributed by atoms with Gasteiger partial charge in [0.1, 0.15) is 11.6 Å². The van der Waals surface area contributed by atoms with E-state index in [0.717, 1.165) is 32.9 Å². The Kier molecular flexibility index (Phi) is 6.97. The second-order valence-electron chi connectivity index (χ2n) is 7.10. The predicted octanol–water partition coefficient (Wildman–Crippen LogP) is 5.44. The minimum atomic E-state index is -0.266. The lowest BCUT2D eigenvalue weighted by molar-refractivity contribution is -0.145. The molecule has 0 radical (unpaired) electrons. The van der Waals surface area contributed by atoms with Crippen LogP contribution in [0.15, 0.2) is 60.0 Å². The van der Waals surface area contributed by atoms with E-state index in [1.807, 2.05) is 66.9 Å². The highest BCUT2D eigenvalue weighted by atomic mass is 32.1. The van der Waals surface area contributed by atoms with Gasteiger partial charge in [-0.3, -0.25) is 9.78 Å². The Morgan fingerprint density at radius 3 is 2.72 bits per heavy atom. The normalized spacial score (nSPS) is 10.8. The smallest absolute Gasteiger partial charge is 0.306 e. The van der Waals surface area contributed by atoms with Crippen LogP contribution in [-0.2, 0) is 22.6 Å². The molecule has 32 heavy (non-hydrogen) atoms. The second kappa shape index (κ2) is 10.2. The van der Waals surface area contributed by atoms with Gasteiger partial charge in [0.2, 0.25) is 0 Å². The monoisotopic (exact) mass is 448 g/mol. The van der Waals surface area contributed by atoms with Gasteiger partial charge in [0.15, 0.2) is 11.5 Å². The van der Waals surface area contributed by atoms with Crippen LogP contribution in [0.4, 0.5) is 0 Å². The summed E-state index contributed by atoms with van der Waals surface area (Å²) < 4.78 is 16.4. The minimum Gasteiger partial charge on any atom is -0.493 e. The van der Waals surface area contributed by atoms with Crippen molar-refractivity contribution in [1.29, 1.82) is 0 Å². The fourth-order valence-electron chi connectivity index (χ4n) is 3.29. The number of pyridine rings is 1. The molecular weight excluding hydrogens is 424 g/mol. The van der Waals surface area contributed by atoms with E-state index in [0.29, 0.717) is 24.5 Å². The number of fused-ring (bicyclic) bond motifs is 1. The molecule has 4 rings (SSSR count). The molecule has 0 fully saturated rings. The molecule has 0 unspecified atom stereocenters. The number of carbonyl (C=O) groups is 1. The van der Waals surface area contributed by atoms with Crippen LogP contribution in [0.1, 0.15) is 24.7 Å². The summed E-state index contributed by atoms with van der Waals surface area (Å²) in [6.45, 7) is 2.65. The topological polar surface area (TPSA) is 70.5 Å². The molecule has 0 saturated carbocycles. The summed E-state index contributed by atoms with van der Waals surface area (Å²) in [6, 6.07) is 17.6. The van der Waals surface area contributed by atoms with Gasteiger partial charge in [-0.2, -0.15) is 0 Å². The highest BCUT2D eigenvalue weighted by molar-refractivity contribution is 7.13. The van der Waals surface area contributed by atoms with Crippen molar-refractivity contribution in [3.63, 3.8) is 0 Å². The maximum Gasteiger partial charge on any atom is 0.306 e. The molecule has 2 aromatic heterocycles. The third-order valence-corrected chi connectivity index (χ3v) is 5.82. The zero-order valence-electron chi connectivity index (χ0n) is 18.0. The Hall–Kier alpha value is -3.45. The van der Waals surface area contributed by atoms with Gasteiger partial charge in [-0.15, -0.1) is 11.3 Å². The van der Waals surface area contributed by atoms with Crippen LogP contribution in [-0.4, -0.2) is 29.7 Å². The van der Waals surface area contributed by atoms with Crippen molar-refractivity contribution >= 4 is 28.2 Å². The quantitative estimate of drug-likeness (QED) is 0.318. The van der Waals surface area contributed by atoms with Crippen LogP contribution >= 0.6 is 11.3 Å². The van der Waals surface area contributed by atoms with Gasteiger partial charge in [0, 0.05) is 28.4 Å². The molecule has 0 aliphatic heterocycles. The summed E-state index contributed by atoms with van der Waals surface area (Å²) in [4.78, 5) is 21.4. The molecule has 2 aromatic carbocycles. The molecule has 0 aliphatic carbocycles.